The van der Waals surface area contributed by atoms with Crippen LogP contribution in [0.5, 0.6) is 0 Å². The molecule has 0 saturated heterocycles. The third-order valence-corrected chi connectivity index (χ3v) is 5.17. The van der Waals surface area contributed by atoms with Gasteiger partial charge in [0.25, 0.3) is 0 Å². The zero-order valence-electron chi connectivity index (χ0n) is 13.9. The first-order chi connectivity index (χ1) is 11.0. The first-order valence-electron chi connectivity index (χ1n) is 8.79. The molecule has 23 heavy (non-hydrogen) atoms. The molecule has 2 fully saturated rings. The summed E-state index contributed by atoms with van der Waals surface area (Å²) in [6.07, 6.45) is 5.13. The van der Waals surface area contributed by atoms with Crippen LogP contribution in [0.4, 0.5) is 0 Å². The Morgan fingerprint density at radius 1 is 1.43 bits per heavy atom. The molecule has 0 aromatic carbocycles. The Morgan fingerprint density at radius 2 is 2.22 bits per heavy atom. The maximum absolute atomic E-state index is 10.4. The molecule has 0 amide bonds. The summed E-state index contributed by atoms with van der Waals surface area (Å²) in [5.41, 5.74) is 1.00. The number of aliphatic carboxylic acids is 1. The summed E-state index contributed by atoms with van der Waals surface area (Å²) < 4.78 is 0. The zero-order valence-corrected chi connectivity index (χ0v) is 13.9. The Labute approximate surface area is 137 Å². The van der Waals surface area contributed by atoms with E-state index in [9.17, 15) is 15.0 Å². The predicted molar refractivity (Wildman–Crippen MR) is 86.1 cm³/mol. The number of carboxylic acids is 1. The van der Waals surface area contributed by atoms with Gasteiger partial charge in [-0.25, -0.2) is 0 Å². The van der Waals surface area contributed by atoms with Crippen molar-refractivity contribution in [1.29, 1.82) is 0 Å². The summed E-state index contributed by atoms with van der Waals surface area (Å²) in [7, 11) is 0. The fourth-order valence-corrected chi connectivity index (χ4v) is 3.80. The first kappa shape index (κ1) is 18.2. The second-order valence-corrected chi connectivity index (χ2v) is 6.89. The highest BCUT2D eigenvalue weighted by atomic mass is 16.6. The summed E-state index contributed by atoms with van der Waals surface area (Å²) in [4.78, 5) is 15.6. The number of rotatable bonds is 10. The topological polar surface area (TPSA) is 99.4 Å². The summed E-state index contributed by atoms with van der Waals surface area (Å²) in [6.45, 7) is 2.38. The molecule has 5 atom stereocenters. The lowest BCUT2D eigenvalue weighted by atomic mass is 9.73. The van der Waals surface area contributed by atoms with E-state index in [2.05, 4.69) is 12.1 Å². The van der Waals surface area contributed by atoms with Gasteiger partial charge in [-0.2, -0.15) is 0 Å². The summed E-state index contributed by atoms with van der Waals surface area (Å²) in [5.74, 6) is 0.00988. The SMILES string of the molecule is CCCC(O)CCC1CC2C(=NOCCCC(=O)O)CC2C1O. The van der Waals surface area contributed by atoms with Gasteiger partial charge in [-0.05, 0) is 50.4 Å². The lowest BCUT2D eigenvalue weighted by molar-refractivity contribution is -0.137. The maximum Gasteiger partial charge on any atom is 0.303 e. The first-order valence-corrected chi connectivity index (χ1v) is 8.79. The largest absolute Gasteiger partial charge is 0.481 e. The molecule has 2 aliphatic rings. The molecule has 2 saturated carbocycles. The Morgan fingerprint density at radius 3 is 2.91 bits per heavy atom. The number of aliphatic hydroxyl groups is 2. The molecule has 0 aromatic heterocycles. The molecule has 2 aliphatic carbocycles. The van der Waals surface area contributed by atoms with Crippen LogP contribution in [-0.4, -0.2) is 45.8 Å². The second kappa shape index (κ2) is 8.64. The maximum atomic E-state index is 10.4. The lowest BCUT2D eigenvalue weighted by Crippen LogP contribution is -2.38. The van der Waals surface area contributed by atoms with Gasteiger partial charge in [0, 0.05) is 12.3 Å². The second-order valence-electron chi connectivity index (χ2n) is 6.89. The molecule has 0 aliphatic heterocycles. The van der Waals surface area contributed by atoms with Gasteiger partial charge in [-0.15, -0.1) is 0 Å². The van der Waals surface area contributed by atoms with Crippen molar-refractivity contribution in [3.8, 4) is 0 Å². The van der Waals surface area contributed by atoms with Gasteiger partial charge in [-0.3, -0.25) is 4.79 Å². The molecule has 0 radical (unpaired) electrons. The Bertz CT molecular complexity index is 425. The van der Waals surface area contributed by atoms with Crippen molar-refractivity contribution in [2.75, 3.05) is 6.61 Å². The number of oxime groups is 1. The van der Waals surface area contributed by atoms with E-state index in [0.29, 0.717) is 18.9 Å². The molecule has 0 spiro atoms. The number of carbonyl (C=O) groups is 1. The van der Waals surface area contributed by atoms with Crippen LogP contribution in [0.15, 0.2) is 5.16 Å². The van der Waals surface area contributed by atoms with Crippen LogP contribution in [-0.2, 0) is 9.63 Å². The van der Waals surface area contributed by atoms with Gasteiger partial charge in [0.05, 0.1) is 17.9 Å². The van der Waals surface area contributed by atoms with Crippen molar-refractivity contribution in [3.63, 3.8) is 0 Å². The lowest BCUT2D eigenvalue weighted by Gasteiger charge is -2.33. The standard InChI is InChI=1S/C17H29NO5/c1-2-4-12(19)7-6-11-9-13-14(17(11)22)10-15(13)18-23-8-3-5-16(20)21/h11-14,17,19,22H,2-10H2,1H3,(H,20,21). The van der Waals surface area contributed by atoms with E-state index >= 15 is 0 Å². The average molecular weight is 327 g/mol. The molecule has 0 bridgehead atoms. The molecule has 5 unspecified atom stereocenters. The predicted octanol–water partition coefficient (Wildman–Crippen LogP) is 2.18. The number of nitrogens with zero attached hydrogens (tertiary/aromatic N) is 1. The minimum absolute atomic E-state index is 0.0950. The smallest absolute Gasteiger partial charge is 0.303 e. The highest BCUT2D eigenvalue weighted by Crippen LogP contribution is 2.49. The number of hydrogen-bond donors (Lipinski definition) is 3. The van der Waals surface area contributed by atoms with Crippen molar-refractivity contribution in [2.24, 2.45) is 22.9 Å². The molecule has 132 valence electrons. The third-order valence-electron chi connectivity index (χ3n) is 5.17. The van der Waals surface area contributed by atoms with Crippen LogP contribution in [0.25, 0.3) is 0 Å². The number of carboxylic acid groups (broad SMARTS) is 1. The van der Waals surface area contributed by atoms with E-state index in [1.807, 2.05) is 0 Å². The van der Waals surface area contributed by atoms with Gasteiger partial charge in [0.2, 0.25) is 0 Å². The molecule has 0 aromatic rings. The quantitative estimate of drug-likeness (QED) is 0.422. The Balaban J connectivity index is 1.70. The van der Waals surface area contributed by atoms with E-state index in [1.54, 1.807) is 0 Å². The van der Waals surface area contributed by atoms with E-state index in [1.165, 1.54) is 0 Å². The molecule has 0 heterocycles. The van der Waals surface area contributed by atoms with Crippen molar-refractivity contribution in [3.05, 3.63) is 0 Å². The fourth-order valence-electron chi connectivity index (χ4n) is 3.80. The van der Waals surface area contributed by atoms with Crippen LogP contribution in [0, 0.1) is 17.8 Å². The molecule has 3 N–H and O–H groups in total. The Kier molecular flexibility index (Phi) is 6.84. The highest BCUT2D eigenvalue weighted by Gasteiger charge is 2.51. The fraction of sp³-hybridized carbons (Fsp3) is 0.882. The zero-order chi connectivity index (χ0) is 16.8. The van der Waals surface area contributed by atoms with Gasteiger partial charge in [0.1, 0.15) is 6.61 Å². The monoisotopic (exact) mass is 327 g/mol. The summed E-state index contributed by atoms with van der Waals surface area (Å²) in [6, 6.07) is 0. The van der Waals surface area contributed by atoms with Crippen molar-refractivity contribution < 1.29 is 25.0 Å². The van der Waals surface area contributed by atoms with Gasteiger partial charge in [0.15, 0.2) is 0 Å². The van der Waals surface area contributed by atoms with Gasteiger partial charge in [-0.1, -0.05) is 18.5 Å². The van der Waals surface area contributed by atoms with E-state index in [-0.39, 0.29) is 30.5 Å². The van der Waals surface area contributed by atoms with E-state index in [0.717, 1.165) is 44.2 Å². The van der Waals surface area contributed by atoms with E-state index in [4.69, 9.17) is 9.94 Å². The number of hydrogen-bond acceptors (Lipinski definition) is 5. The summed E-state index contributed by atoms with van der Waals surface area (Å²) >= 11 is 0. The molecule has 6 nitrogen and oxygen atoms in total. The number of fused-ring (bicyclic) bond motifs is 1. The molecular formula is C17H29NO5. The molecule has 2 rings (SSSR count). The Hall–Kier alpha value is -1.14. The third kappa shape index (κ3) is 4.91. The highest BCUT2D eigenvalue weighted by molar-refractivity contribution is 5.93. The molecular weight excluding hydrogens is 298 g/mol. The van der Waals surface area contributed by atoms with Gasteiger partial charge < -0.3 is 20.2 Å². The number of aliphatic hydroxyl groups excluding tert-OH is 2. The van der Waals surface area contributed by atoms with Crippen LogP contribution in [0.3, 0.4) is 0 Å². The molecule has 6 heteroatoms. The van der Waals surface area contributed by atoms with Crippen LogP contribution >= 0.6 is 0 Å². The van der Waals surface area contributed by atoms with Crippen LogP contribution in [0.2, 0.25) is 0 Å². The van der Waals surface area contributed by atoms with Crippen molar-refractivity contribution in [2.45, 2.75) is 70.5 Å². The van der Waals surface area contributed by atoms with Crippen molar-refractivity contribution >= 4 is 11.7 Å². The van der Waals surface area contributed by atoms with Crippen LogP contribution < -0.4 is 0 Å². The minimum Gasteiger partial charge on any atom is -0.481 e. The normalized spacial score (nSPS) is 32.4. The van der Waals surface area contributed by atoms with E-state index < -0.39 is 5.97 Å². The van der Waals surface area contributed by atoms with Gasteiger partial charge >= 0.3 is 5.97 Å². The van der Waals surface area contributed by atoms with Crippen molar-refractivity contribution in [1.82, 2.24) is 0 Å². The summed E-state index contributed by atoms with van der Waals surface area (Å²) in [5, 5.41) is 32.9. The van der Waals surface area contributed by atoms with Crippen LogP contribution in [0.1, 0.15) is 58.3 Å². The average Bonchev–Trinajstić information content (AvgIpc) is 2.72. The minimum atomic E-state index is -0.822.